The number of nitrogens with two attached hydrogens (primary N) is 1. The van der Waals surface area contributed by atoms with E-state index in [1.165, 1.54) is 33.1 Å². The summed E-state index contributed by atoms with van der Waals surface area (Å²) in [5.74, 6) is -1.40. The third kappa shape index (κ3) is 5.35. The summed E-state index contributed by atoms with van der Waals surface area (Å²) in [6.07, 6.45) is 4.04. The molecule has 1 unspecified atom stereocenters. The molecule has 2 aliphatic heterocycles. The number of halogens is 3. The van der Waals surface area contributed by atoms with Gasteiger partial charge in [0.1, 0.15) is 18.1 Å². The Kier molecular flexibility index (Phi) is 7.58. The highest BCUT2D eigenvalue weighted by molar-refractivity contribution is 9.10. The topological polar surface area (TPSA) is 123 Å². The highest BCUT2D eigenvalue weighted by atomic mass is 79.9. The summed E-state index contributed by atoms with van der Waals surface area (Å²) in [6, 6.07) is 17.5. The van der Waals surface area contributed by atoms with Gasteiger partial charge < -0.3 is 20.1 Å². The van der Waals surface area contributed by atoms with E-state index < -0.39 is 11.6 Å². The van der Waals surface area contributed by atoms with Crippen molar-refractivity contribution in [3.8, 4) is 22.4 Å². The molecule has 2 N–H and O–H groups in total. The first kappa shape index (κ1) is 30.4. The van der Waals surface area contributed by atoms with Gasteiger partial charge in [-0.25, -0.2) is 13.5 Å². The molecule has 244 valence electrons. The Morgan fingerprint density at radius 2 is 1.81 bits per heavy atom. The molecule has 2 aromatic heterocycles. The van der Waals surface area contributed by atoms with Gasteiger partial charge in [0, 0.05) is 49.3 Å². The van der Waals surface area contributed by atoms with Gasteiger partial charge in [0.15, 0.2) is 11.6 Å². The number of benzene rings is 3. The average molecular weight is 715 g/mol. The summed E-state index contributed by atoms with van der Waals surface area (Å²) in [7, 11) is 0. The van der Waals surface area contributed by atoms with E-state index in [4.69, 9.17) is 10.3 Å². The third-order valence-electron chi connectivity index (χ3n) is 9.70. The Bertz CT molecular complexity index is 2090. The zero-order chi connectivity index (χ0) is 33.1. The van der Waals surface area contributed by atoms with Crippen LogP contribution in [0.5, 0.6) is 0 Å². The number of aromatic nitrogens is 4. The van der Waals surface area contributed by atoms with E-state index in [1.54, 1.807) is 4.90 Å². The summed E-state index contributed by atoms with van der Waals surface area (Å²) in [5.41, 5.74) is 12.5. The van der Waals surface area contributed by atoms with Crippen molar-refractivity contribution < 1.29 is 22.9 Å². The van der Waals surface area contributed by atoms with Crippen LogP contribution in [0.25, 0.3) is 22.4 Å². The Labute approximate surface area is 282 Å². The van der Waals surface area contributed by atoms with Gasteiger partial charge in [0.25, 0.3) is 0 Å². The molecule has 8 rings (SSSR count). The van der Waals surface area contributed by atoms with Crippen molar-refractivity contribution in [2.75, 3.05) is 30.3 Å². The number of carbonyl (C=O) groups is 2. The molecule has 2 amide bonds. The first-order chi connectivity index (χ1) is 23.2. The number of rotatable bonds is 6. The summed E-state index contributed by atoms with van der Waals surface area (Å²) in [4.78, 5) is 30.2. The van der Waals surface area contributed by atoms with Crippen molar-refractivity contribution in [2.24, 2.45) is 5.92 Å². The van der Waals surface area contributed by atoms with Gasteiger partial charge in [-0.2, -0.15) is 0 Å². The fraction of sp³-hybridized carbons (Fsp3) is 0.286. The SMILES string of the molecule is Nc1c(-c2cn(Cc3cc(C4CCN(C(=O)C5CC(=O)N(c6ccc7c(c6)Cc6ccccc6-7)C5)CC4)no3)nn2)cc(F)c(Br)c1F. The second-order valence-corrected chi connectivity index (χ2v) is 13.4. The van der Waals surface area contributed by atoms with Gasteiger partial charge in [-0.1, -0.05) is 40.7 Å². The van der Waals surface area contributed by atoms with Crippen LogP contribution in [-0.2, 0) is 22.6 Å². The lowest BCUT2D eigenvalue weighted by molar-refractivity contribution is -0.136. The second-order valence-electron chi connectivity index (χ2n) is 12.6. The number of carbonyl (C=O) groups excluding carboxylic acids is 2. The first-order valence-electron chi connectivity index (χ1n) is 15.8. The average Bonchev–Trinajstić information content (AvgIpc) is 3.91. The van der Waals surface area contributed by atoms with Crippen molar-refractivity contribution in [3.05, 3.63) is 99.5 Å². The molecule has 4 heterocycles. The predicted octanol–water partition coefficient (Wildman–Crippen LogP) is 5.93. The molecule has 10 nitrogen and oxygen atoms in total. The molecule has 0 saturated carbocycles. The predicted molar refractivity (Wildman–Crippen MR) is 177 cm³/mol. The van der Waals surface area contributed by atoms with E-state index >= 15 is 0 Å². The molecule has 5 aromatic rings. The normalized spacial score (nSPS) is 17.6. The number of anilines is 2. The van der Waals surface area contributed by atoms with Crippen LogP contribution in [0.15, 0.2) is 69.8 Å². The number of hydrogen-bond donors (Lipinski definition) is 1. The molecule has 0 bridgehead atoms. The summed E-state index contributed by atoms with van der Waals surface area (Å²) in [6.45, 7) is 1.74. The van der Waals surface area contributed by atoms with Crippen LogP contribution in [-0.4, -0.2) is 56.5 Å². The number of hydrogen-bond acceptors (Lipinski definition) is 7. The van der Waals surface area contributed by atoms with Gasteiger partial charge in [0.05, 0.1) is 28.0 Å². The van der Waals surface area contributed by atoms with Crippen LogP contribution < -0.4 is 10.6 Å². The van der Waals surface area contributed by atoms with Crippen LogP contribution >= 0.6 is 15.9 Å². The Balaban J connectivity index is 0.867. The minimum Gasteiger partial charge on any atom is -0.396 e. The zero-order valence-corrected chi connectivity index (χ0v) is 27.3. The maximum absolute atomic E-state index is 14.3. The number of nitrogens with zero attached hydrogens (tertiary/aromatic N) is 6. The van der Waals surface area contributed by atoms with Crippen LogP contribution in [0.2, 0.25) is 0 Å². The number of amides is 2. The lowest BCUT2D eigenvalue weighted by Gasteiger charge is -2.32. The van der Waals surface area contributed by atoms with Gasteiger partial charge in [-0.15, -0.1) is 5.10 Å². The monoisotopic (exact) mass is 713 g/mol. The standard InChI is InChI=1S/C35H30BrF2N7O3/c36-32-28(37)15-27(34(39)33(32)38)30-18-44(42-40-30)17-24-14-29(41-48-24)19-7-9-43(10-8-19)35(47)22-13-31(46)45(16-22)23-5-6-26-21(12-23)11-20-3-1-2-4-25(20)26/h1-6,12,14-15,18-19,22H,7-11,13,16-17,39H2. The van der Waals surface area contributed by atoms with Gasteiger partial charge in [0.2, 0.25) is 11.8 Å². The van der Waals surface area contributed by atoms with E-state index in [0.29, 0.717) is 25.4 Å². The van der Waals surface area contributed by atoms with Crippen LogP contribution in [0.1, 0.15) is 47.8 Å². The second kappa shape index (κ2) is 12.0. The summed E-state index contributed by atoms with van der Waals surface area (Å²) < 4.78 is 35.1. The Morgan fingerprint density at radius 3 is 2.65 bits per heavy atom. The molecule has 3 aliphatic rings. The fourth-order valence-electron chi connectivity index (χ4n) is 7.15. The molecular formula is C35H30BrF2N7O3. The van der Waals surface area contributed by atoms with Gasteiger partial charge in [-0.05, 0) is 75.6 Å². The Hall–Kier alpha value is -4.91. The van der Waals surface area contributed by atoms with Gasteiger partial charge >= 0.3 is 0 Å². The minimum atomic E-state index is -0.896. The third-order valence-corrected chi connectivity index (χ3v) is 10.4. The number of nitrogen functional groups attached to an aromatic ring is 1. The zero-order valence-electron chi connectivity index (χ0n) is 25.7. The maximum Gasteiger partial charge on any atom is 0.228 e. The van der Waals surface area contributed by atoms with Crippen LogP contribution in [0.4, 0.5) is 20.2 Å². The lowest BCUT2D eigenvalue weighted by Crippen LogP contribution is -2.42. The van der Waals surface area contributed by atoms with Gasteiger partial charge in [-0.3, -0.25) is 9.59 Å². The van der Waals surface area contributed by atoms with E-state index in [9.17, 15) is 18.4 Å². The van der Waals surface area contributed by atoms with Crippen molar-refractivity contribution in [1.82, 2.24) is 25.1 Å². The van der Waals surface area contributed by atoms with Crippen molar-refractivity contribution in [3.63, 3.8) is 0 Å². The smallest absolute Gasteiger partial charge is 0.228 e. The highest BCUT2D eigenvalue weighted by Crippen LogP contribution is 2.40. The number of fused-ring (bicyclic) bond motifs is 3. The van der Waals surface area contributed by atoms with Crippen molar-refractivity contribution in [2.45, 2.75) is 38.1 Å². The van der Waals surface area contributed by atoms with Crippen molar-refractivity contribution in [1.29, 1.82) is 0 Å². The summed E-state index contributed by atoms with van der Waals surface area (Å²) >= 11 is 2.85. The highest BCUT2D eigenvalue weighted by Gasteiger charge is 2.39. The maximum atomic E-state index is 14.3. The van der Waals surface area contributed by atoms with E-state index in [-0.39, 0.29) is 58.0 Å². The first-order valence-corrected chi connectivity index (χ1v) is 16.6. The van der Waals surface area contributed by atoms with Crippen LogP contribution in [0.3, 0.4) is 0 Å². The van der Waals surface area contributed by atoms with E-state index in [0.717, 1.165) is 36.7 Å². The molecule has 13 heteroatoms. The van der Waals surface area contributed by atoms with E-state index in [2.05, 4.69) is 55.7 Å². The fourth-order valence-corrected chi connectivity index (χ4v) is 7.48. The Morgan fingerprint density at radius 1 is 1.02 bits per heavy atom. The molecule has 48 heavy (non-hydrogen) atoms. The lowest BCUT2D eigenvalue weighted by atomic mass is 9.92. The molecule has 3 aromatic carbocycles. The molecule has 2 saturated heterocycles. The van der Waals surface area contributed by atoms with E-state index in [1.807, 2.05) is 29.2 Å². The molecule has 0 radical (unpaired) electrons. The van der Waals surface area contributed by atoms with Crippen LogP contribution in [0, 0.1) is 17.6 Å². The molecule has 0 spiro atoms. The molecule has 1 aliphatic carbocycles. The molecule has 2 fully saturated rings. The number of likely N-dealkylation sites (tertiary alicyclic amines) is 1. The van der Waals surface area contributed by atoms with Crippen molar-refractivity contribution >= 4 is 39.1 Å². The number of piperidine rings is 1. The molecular weight excluding hydrogens is 684 g/mol. The minimum absolute atomic E-state index is 0.0202. The molecule has 1 atom stereocenters. The summed E-state index contributed by atoms with van der Waals surface area (Å²) in [5, 5.41) is 12.3. The quantitative estimate of drug-likeness (QED) is 0.168. The largest absolute Gasteiger partial charge is 0.396 e.